The molecule has 0 radical (unpaired) electrons. The summed E-state index contributed by atoms with van der Waals surface area (Å²) in [6, 6.07) is 5.29. The van der Waals surface area contributed by atoms with E-state index in [9.17, 15) is 14.6 Å². The van der Waals surface area contributed by atoms with E-state index in [2.05, 4.69) is 10.3 Å². The molecule has 2 aromatic rings. The van der Waals surface area contributed by atoms with Gasteiger partial charge in [-0.05, 0) is 25.0 Å². The largest absolute Gasteiger partial charge is 0.535 e. The lowest BCUT2D eigenvalue weighted by Crippen LogP contribution is -2.36. The van der Waals surface area contributed by atoms with E-state index in [0.29, 0.717) is 36.6 Å². The maximum atomic E-state index is 12.4. The zero-order chi connectivity index (χ0) is 20.1. The number of Topliss-reactive ketones (excluding diaryl/α,β-unsaturated/α-hetero) is 2. The van der Waals surface area contributed by atoms with E-state index >= 15 is 0 Å². The third kappa shape index (κ3) is 4.83. The van der Waals surface area contributed by atoms with Gasteiger partial charge in [-0.1, -0.05) is 17.3 Å². The van der Waals surface area contributed by atoms with Crippen LogP contribution in [0.4, 0.5) is 0 Å². The van der Waals surface area contributed by atoms with Crippen LogP contribution in [0.5, 0.6) is 5.75 Å². The van der Waals surface area contributed by atoms with Crippen molar-refractivity contribution < 1.29 is 24.0 Å². The van der Waals surface area contributed by atoms with Crippen LogP contribution in [0, 0.1) is 0 Å². The van der Waals surface area contributed by atoms with Gasteiger partial charge in [-0.3, -0.25) is 9.59 Å². The highest BCUT2D eigenvalue weighted by molar-refractivity contribution is 6.47. The minimum absolute atomic E-state index is 0.0491. The monoisotopic (exact) mass is 386 g/mol. The number of carbonyl (C=O) groups is 2. The molecule has 148 valence electrons. The van der Waals surface area contributed by atoms with Crippen molar-refractivity contribution in [3.8, 4) is 5.75 Å². The summed E-state index contributed by atoms with van der Waals surface area (Å²) in [5.74, 6) is -0.211. The molecule has 0 saturated carbocycles. The van der Waals surface area contributed by atoms with Crippen molar-refractivity contribution in [1.82, 2.24) is 15.0 Å². The Bertz CT molecular complexity index is 856. The zero-order valence-electron chi connectivity index (χ0n) is 15.7. The molecule has 3 rings (SSSR count). The van der Waals surface area contributed by atoms with Crippen LogP contribution in [-0.2, 0) is 29.1 Å². The molecule has 0 saturated heterocycles. The van der Waals surface area contributed by atoms with Crippen molar-refractivity contribution in [3.63, 3.8) is 0 Å². The van der Waals surface area contributed by atoms with Gasteiger partial charge in [0.05, 0.1) is 25.0 Å². The molecule has 1 atom stereocenters. The maximum absolute atomic E-state index is 12.4. The molecule has 0 amide bonds. The zero-order valence-corrected chi connectivity index (χ0v) is 15.7. The lowest BCUT2D eigenvalue weighted by atomic mass is 9.64. The van der Waals surface area contributed by atoms with Crippen LogP contribution < -0.4 is 10.4 Å². The second-order valence-electron chi connectivity index (χ2n) is 6.81. The average Bonchev–Trinajstić information content (AvgIpc) is 3.09. The molecular weight excluding hydrogens is 363 g/mol. The smallest absolute Gasteiger partial charge is 0.526 e. The predicted octanol–water partition coefficient (Wildman–Crippen LogP) is 0.401. The fraction of sp³-hybridized carbons (Fsp3) is 0.444. The molecule has 1 aliphatic heterocycles. The highest BCUT2D eigenvalue weighted by atomic mass is 16.5. The Morgan fingerprint density at radius 3 is 3.04 bits per heavy atom. The number of para-hydroxylation sites is 1. The van der Waals surface area contributed by atoms with Crippen molar-refractivity contribution >= 4 is 18.7 Å². The fourth-order valence-corrected chi connectivity index (χ4v) is 3.21. The molecule has 1 aromatic heterocycles. The molecule has 0 spiro atoms. The number of carbonyl (C=O) groups excluding carboxylic acids is 2. The molecule has 0 aliphatic carbocycles. The maximum Gasteiger partial charge on any atom is 0.526 e. The molecule has 1 aromatic carbocycles. The van der Waals surface area contributed by atoms with E-state index in [1.54, 1.807) is 18.3 Å². The lowest BCUT2D eigenvalue weighted by Gasteiger charge is -2.28. The number of hydrogen-bond donors (Lipinski definition) is 2. The number of aromatic nitrogens is 3. The number of hydrogen-bond acceptors (Lipinski definition) is 8. The van der Waals surface area contributed by atoms with E-state index < -0.39 is 12.9 Å². The Morgan fingerprint density at radius 2 is 2.29 bits per heavy atom. The first-order valence-corrected chi connectivity index (χ1v) is 9.14. The summed E-state index contributed by atoms with van der Waals surface area (Å²) < 4.78 is 12.3. The quantitative estimate of drug-likeness (QED) is 0.360. The number of ether oxygens (including phenoxy) is 1. The van der Waals surface area contributed by atoms with E-state index in [0.717, 1.165) is 5.56 Å². The highest BCUT2D eigenvalue weighted by Crippen LogP contribution is 2.36. The Labute approximate surface area is 163 Å². The lowest BCUT2D eigenvalue weighted by molar-refractivity contribution is -0.120. The van der Waals surface area contributed by atoms with Gasteiger partial charge in [0, 0.05) is 18.8 Å². The number of ketones is 2. The van der Waals surface area contributed by atoms with E-state index in [1.807, 2.05) is 6.07 Å². The third-order valence-corrected chi connectivity index (χ3v) is 4.53. The summed E-state index contributed by atoms with van der Waals surface area (Å²) in [6.07, 6.45) is 2.24. The number of nitrogens with zero attached hydrogens (tertiary/aromatic N) is 3. The fourth-order valence-electron chi connectivity index (χ4n) is 3.21. The van der Waals surface area contributed by atoms with Crippen LogP contribution in [0.3, 0.4) is 0 Å². The number of rotatable bonds is 9. The Kier molecular flexibility index (Phi) is 6.55. The van der Waals surface area contributed by atoms with Gasteiger partial charge in [0.1, 0.15) is 18.0 Å². The van der Waals surface area contributed by atoms with Crippen LogP contribution in [0.1, 0.15) is 35.0 Å². The molecule has 9 nitrogen and oxygen atoms in total. The summed E-state index contributed by atoms with van der Waals surface area (Å²) in [5, 5.41) is 18.2. The summed E-state index contributed by atoms with van der Waals surface area (Å²) >= 11 is 0. The number of nitrogens with two attached hydrogens (primary N) is 1. The van der Waals surface area contributed by atoms with Crippen molar-refractivity contribution in [2.75, 3.05) is 13.2 Å². The van der Waals surface area contributed by atoms with Gasteiger partial charge in [0.25, 0.3) is 0 Å². The van der Waals surface area contributed by atoms with Crippen LogP contribution in [0.15, 0.2) is 24.4 Å². The minimum atomic E-state index is -1.15. The number of benzene rings is 1. The Hall–Kier alpha value is -2.56. The van der Waals surface area contributed by atoms with Crippen LogP contribution >= 0.6 is 0 Å². The molecule has 2 heterocycles. The molecule has 10 heteroatoms. The van der Waals surface area contributed by atoms with Crippen molar-refractivity contribution in [2.45, 2.75) is 38.7 Å². The van der Waals surface area contributed by atoms with Crippen LogP contribution in [-0.4, -0.2) is 51.9 Å². The summed E-state index contributed by atoms with van der Waals surface area (Å²) in [7, 11) is -1.15. The Balaban J connectivity index is 1.59. The van der Waals surface area contributed by atoms with Gasteiger partial charge >= 0.3 is 7.12 Å². The highest BCUT2D eigenvalue weighted by Gasteiger charge is 2.37. The summed E-state index contributed by atoms with van der Waals surface area (Å²) in [4.78, 5) is 24.2. The molecular formula is C18H23BN4O5. The van der Waals surface area contributed by atoms with E-state index in [4.69, 9.17) is 15.1 Å². The van der Waals surface area contributed by atoms with E-state index in [1.165, 1.54) is 11.6 Å². The van der Waals surface area contributed by atoms with Gasteiger partial charge in [-0.25, -0.2) is 4.68 Å². The van der Waals surface area contributed by atoms with Gasteiger partial charge in [-0.15, -0.1) is 5.10 Å². The van der Waals surface area contributed by atoms with Gasteiger partial charge in [-0.2, -0.15) is 0 Å². The normalized spacial score (nSPS) is 15.8. The van der Waals surface area contributed by atoms with Gasteiger partial charge in [0.2, 0.25) is 0 Å². The second-order valence-corrected chi connectivity index (χ2v) is 6.81. The average molecular weight is 386 g/mol. The first-order valence-electron chi connectivity index (χ1n) is 9.14. The molecule has 3 N–H and O–H groups in total. The summed E-state index contributed by atoms with van der Waals surface area (Å²) in [6.45, 7) is 2.64. The summed E-state index contributed by atoms with van der Waals surface area (Å²) in [5.41, 5.74) is 7.23. The van der Waals surface area contributed by atoms with Crippen molar-refractivity contribution in [2.24, 2.45) is 5.73 Å². The molecule has 0 unspecified atom stereocenters. The number of fused-ring (bicyclic) bond motifs is 1. The predicted molar refractivity (Wildman–Crippen MR) is 101 cm³/mol. The first kappa shape index (κ1) is 20.2. The SMILES string of the molecule is CC(=O)c1cccc2c1OB(O)[C@@H](CC(=O)Cn1cc(COCCN)nn1)C2. The van der Waals surface area contributed by atoms with Crippen molar-refractivity contribution in [3.05, 3.63) is 41.2 Å². The van der Waals surface area contributed by atoms with Crippen molar-refractivity contribution in [1.29, 1.82) is 0 Å². The standard InChI is InChI=1S/C18H23BN4O5/c1-12(24)17-4-2-3-13-7-14(19(26)28-18(13)17)8-16(25)10-23-9-15(21-22-23)11-27-6-5-20/h2-4,9,14,26H,5-8,10-11,20H2,1H3/t14-/m1/s1. The van der Waals surface area contributed by atoms with Crippen LogP contribution in [0.2, 0.25) is 5.82 Å². The third-order valence-electron chi connectivity index (χ3n) is 4.53. The van der Waals surface area contributed by atoms with Gasteiger partial charge in [0.15, 0.2) is 11.6 Å². The molecule has 1 aliphatic rings. The minimum Gasteiger partial charge on any atom is -0.535 e. The molecule has 28 heavy (non-hydrogen) atoms. The van der Waals surface area contributed by atoms with Crippen LogP contribution in [0.25, 0.3) is 0 Å². The second kappa shape index (κ2) is 9.09. The Morgan fingerprint density at radius 1 is 1.46 bits per heavy atom. The van der Waals surface area contributed by atoms with E-state index in [-0.39, 0.29) is 31.1 Å². The van der Waals surface area contributed by atoms with Gasteiger partial charge < -0.3 is 20.1 Å². The molecule has 0 fully saturated rings. The first-order chi connectivity index (χ1) is 13.5. The molecule has 0 bridgehead atoms. The topological polar surface area (TPSA) is 130 Å².